The van der Waals surface area contributed by atoms with Gasteiger partial charge in [0.25, 0.3) is 0 Å². The van der Waals surface area contributed by atoms with Crippen molar-refractivity contribution < 1.29 is 18.0 Å². The van der Waals surface area contributed by atoms with Crippen LogP contribution in [0.1, 0.15) is 21.5 Å². The summed E-state index contributed by atoms with van der Waals surface area (Å²) >= 11 is 8.47. The highest BCUT2D eigenvalue weighted by atomic mass is 79.9. The molecule has 0 aliphatic rings. The Morgan fingerprint density at radius 2 is 2.00 bits per heavy atom. The predicted molar refractivity (Wildman–Crippen MR) is 59.3 cm³/mol. The van der Waals surface area contributed by atoms with Crippen LogP contribution in [0, 0.1) is 6.92 Å². The molecule has 0 aromatic heterocycles. The van der Waals surface area contributed by atoms with E-state index in [0.717, 1.165) is 6.07 Å². The number of carbonyl (C=O) groups is 1. The Labute approximate surface area is 104 Å². The Bertz CT molecular complexity index is 429. The standard InChI is InChI=1S/C10H7BrClF3O/c1-5-2-6(8(16)4-11)9(12)7(3-5)10(13,14)15/h2-3H,4H2,1H3. The van der Waals surface area contributed by atoms with Crippen LogP contribution in [0.15, 0.2) is 12.1 Å². The summed E-state index contributed by atoms with van der Waals surface area (Å²) in [5, 5.41) is -0.601. The van der Waals surface area contributed by atoms with Gasteiger partial charge in [0.2, 0.25) is 0 Å². The zero-order valence-corrected chi connectivity index (χ0v) is 10.5. The molecule has 0 saturated heterocycles. The molecule has 1 rings (SSSR count). The molecule has 0 atom stereocenters. The van der Waals surface area contributed by atoms with Crippen molar-refractivity contribution in [1.29, 1.82) is 0 Å². The molecule has 0 bridgehead atoms. The predicted octanol–water partition coefficient (Wildman–Crippen LogP) is 4.24. The fourth-order valence-electron chi connectivity index (χ4n) is 1.25. The van der Waals surface area contributed by atoms with Gasteiger partial charge < -0.3 is 0 Å². The number of Topliss-reactive ketones (excluding diaryl/α,β-unsaturated/α-hetero) is 1. The molecule has 16 heavy (non-hydrogen) atoms. The topological polar surface area (TPSA) is 17.1 Å². The highest BCUT2D eigenvalue weighted by Gasteiger charge is 2.35. The van der Waals surface area contributed by atoms with Gasteiger partial charge >= 0.3 is 6.18 Å². The fraction of sp³-hybridized carbons (Fsp3) is 0.300. The summed E-state index contributed by atoms with van der Waals surface area (Å²) in [7, 11) is 0. The van der Waals surface area contributed by atoms with Crippen molar-refractivity contribution in [3.63, 3.8) is 0 Å². The van der Waals surface area contributed by atoms with Gasteiger partial charge in [0.1, 0.15) is 0 Å². The van der Waals surface area contributed by atoms with Crippen LogP contribution < -0.4 is 0 Å². The molecule has 1 nitrogen and oxygen atoms in total. The molecule has 0 aliphatic heterocycles. The average molecular weight is 316 g/mol. The number of benzene rings is 1. The Balaban J connectivity index is 3.44. The lowest BCUT2D eigenvalue weighted by molar-refractivity contribution is -0.137. The third kappa shape index (κ3) is 2.77. The van der Waals surface area contributed by atoms with Crippen LogP contribution >= 0.6 is 27.5 Å². The SMILES string of the molecule is Cc1cc(C(=O)CBr)c(Cl)c(C(F)(F)F)c1. The van der Waals surface area contributed by atoms with Crippen LogP contribution in [-0.4, -0.2) is 11.1 Å². The summed E-state index contributed by atoms with van der Waals surface area (Å²) in [6, 6.07) is 2.27. The van der Waals surface area contributed by atoms with Crippen molar-refractivity contribution in [3.8, 4) is 0 Å². The van der Waals surface area contributed by atoms with Crippen LogP contribution in [-0.2, 0) is 6.18 Å². The molecule has 0 saturated carbocycles. The number of alkyl halides is 4. The number of halogens is 5. The lowest BCUT2D eigenvalue weighted by Crippen LogP contribution is -2.11. The van der Waals surface area contributed by atoms with Gasteiger partial charge in [-0.25, -0.2) is 0 Å². The van der Waals surface area contributed by atoms with Crippen molar-refractivity contribution in [2.75, 3.05) is 5.33 Å². The maximum absolute atomic E-state index is 12.6. The molecule has 0 unspecified atom stereocenters. The van der Waals surface area contributed by atoms with E-state index in [2.05, 4.69) is 15.9 Å². The molecule has 0 spiro atoms. The summed E-state index contributed by atoms with van der Waals surface area (Å²) in [5.41, 5.74) is -0.731. The lowest BCUT2D eigenvalue weighted by atomic mass is 10.0. The van der Waals surface area contributed by atoms with Gasteiger partial charge in [0.15, 0.2) is 5.78 Å². The van der Waals surface area contributed by atoms with E-state index in [1.165, 1.54) is 13.0 Å². The molecule has 0 heterocycles. The van der Waals surface area contributed by atoms with Crippen LogP contribution in [0.5, 0.6) is 0 Å². The van der Waals surface area contributed by atoms with Crippen LogP contribution in [0.2, 0.25) is 5.02 Å². The monoisotopic (exact) mass is 314 g/mol. The summed E-state index contributed by atoms with van der Waals surface area (Å²) in [6.07, 6.45) is -4.55. The van der Waals surface area contributed by atoms with E-state index in [1.54, 1.807) is 0 Å². The zero-order valence-electron chi connectivity index (χ0n) is 8.16. The van der Waals surface area contributed by atoms with Gasteiger partial charge in [0.05, 0.1) is 15.9 Å². The molecule has 1 aromatic rings. The molecule has 1 aromatic carbocycles. The smallest absolute Gasteiger partial charge is 0.293 e. The Morgan fingerprint density at radius 3 is 2.44 bits per heavy atom. The number of carbonyl (C=O) groups excluding carboxylic acids is 1. The fourth-order valence-corrected chi connectivity index (χ4v) is 1.87. The van der Waals surface area contributed by atoms with Crippen molar-refractivity contribution in [3.05, 3.63) is 33.8 Å². The third-order valence-electron chi connectivity index (χ3n) is 1.94. The number of aryl methyl sites for hydroxylation is 1. The van der Waals surface area contributed by atoms with E-state index in [9.17, 15) is 18.0 Å². The first kappa shape index (κ1) is 13.5. The maximum atomic E-state index is 12.6. The first-order valence-electron chi connectivity index (χ1n) is 4.24. The van der Waals surface area contributed by atoms with E-state index in [4.69, 9.17) is 11.6 Å². The van der Waals surface area contributed by atoms with Crippen molar-refractivity contribution in [1.82, 2.24) is 0 Å². The number of hydrogen-bond donors (Lipinski definition) is 0. The molecular weight excluding hydrogens is 308 g/mol. The van der Waals surface area contributed by atoms with Crippen molar-refractivity contribution in [2.24, 2.45) is 0 Å². The van der Waals surface area contributed by atoms with E-state index in [1.807, 2.05) is 0 Å². The first-order chi connectivity index (χ1) is 7.27. The molecule has 88 valence electrons. The minimum absolute atomic E-state index is 0.0620. The zero-order chi connectivity index (χ0) is 12.5. The second-order valence-electron chi connectivity index (χ2n) is 3.23. The molecule has 0 radical (unpaired) electrons. The van der Waals surface area contributed by atoms with E-state index >= 15 is 0 Å². The second-order valence-corrected chi connectivity index (χ2v) is 4.17. The van der Waals surface area contributed by atoms with E-state index in [0.29, 0.717) is 5.56 Å². The van der Waals surface area contributed by atoms with Gasteiger partial charge in [-0.05, 0) is 24.6 Å². The number of hydrogen-bond acceptors (Lipinski definition) is 1. The summed E-state index contributed by atoms with van der Waals surface area (Å²) in [6.45, 7) is 1.48. The van der Waals surface area contributed by atoms with Crippen LogP contribution in [0.4, 0.5) is 13.2 Å². The third-order valence-corrected chi connectivity index (χ3v) is 2.86. The summed E-state index contributed by atoms with van der Waals surface area (Å²) in [4.78, 5) is 11.4. The normalized spacial score (nSPS) is 11.6. The van der Waals surface area contributed by atoms with Crippen LogP contribution in [0.25, 0.3) is 0 Å². The molecule has 0 fully saturated rings. The minimum Gasteiger partial charge on any atom is -0.293 e. The number of ketones is 1. The van der Waals surface area contributed by atoms with Crippen molar-refractivity contribution in [2.45, 2.75) is 13.1 Å². The Kier molecular flexibility index (Phi) is 4.02. The summed E-state index contributed by atoms with van der Waals surface area (Å²) in [5.74, 6) is -0.473. The molecule has 0 aliphatic carbocycles. The second kappa shape index (κ2) is 4.75. The molecule has 0 amide bonds. The summed E-state index contributed by atoms with van der Waals surface area (Å²) < 4.78 is 37.7. The van der Waals surface area contributed by atoms with Gasteiger partial charge in [-0.15, -0.1) is 0 Å². The van der Waals surface area contributed by atoms with Gasteiger partial charge in [-0.3, -0.25) is 4.79 Å². The van der Waals surface area contributed by atoms with Gasteiger partial charge in [-0.1, -0.05) is 27.5 Å². The van der Waals surface area contributed by atoms with Gasteiger partial charge in [0, 0.05) is 5.56 Å². The first-order valence-corrected chi connectivity index (χ1v) is 5.74. The van der Waals surface area contributed by atoms with Crippen LogP contribution in [0.3, 0.4) is 0 Å². The quantitative estimate of drug-likeness (QED) is 0.589. The number of rotatable bonds is 2. The molecule has 0 N–H and O–H groups in total. The van der Waals surface area contributed by atoms with E-state index in [-0.39, 0.29) is 10.9 Å². The minimum atomic E-state index is -4.55. The van der Waals surface area contributed by atoms with Gasteiger partial charge in [-0.2, -0.15) is 13.2 Å². The lowest BCUT2D eigenvalue weighted by Gasteiger charge is -2.12. The highest BCUT2D eigenvalue weighted by Crippen LogP contribution is 2.37. The molecular formula is C10H7BrClF3O. The Hall–Kier alpha value is -0.550. The largest absolute Gasteiger partial charge is 0.417 e. The van der Waals surface area contributed by atoms with Crippen molar-refractivity contribution >= 4 is 33.3 Å². The van der Waals surface area contributed by atoms with E-state index < -0.39 is 22.5 Å². The molecule has 6 heteroatoms. The highest BCUT2D eigenvalue weighted by molar-refractivity contribution is 9.09. The average Bonchev–Trinajstić information content (AvgIpc) is 2.18. The Morgan fingerprint density at radius 1 is 1.44 bits per heavy atom. The maximum Gasteiger partial charge on any atom is 0.417 e.